The number of carboxylic acids is 1. The van der Waals surface area contributed by atoms with Gasteiger partial charge in [-0.3, -0.25) is 9.11 Å². The van der Waals surface area contributed by atoms with Crippen LogP contribution in [0.1, 0.15) is 16.7 Å². The number of carboxylic acid groups (broad SMARTS) is 1. The average Bonchev–Trinajstić information content (AvgIpc) is 2.87. The molecule has 0 radical (unpaired) electrons. The monoisotopic (exact) mass is 376 g/mol. The largest absolute Gasteiger partial charge is 0.481 e. The van der Waals surface area contributed by atoms with Gasteiger partial charge < -0.3 is 9.84 Å². The fourth-order valence-electron chi connectivity index (χ4n) is 2.26. The molecule has 0 atom stereocenters. The number of hydrogen-bond acceptors (Lipinski definition) is 4. The Bertz CT molecular complexity index is 940. The van der Waals surface area contributed by atoms with E-state index >= 15 is 0 Å². The molecule has 0 amide bonds. The summed E-state index contributed by atoms with van der Waals surface area (Å²) < 4.78 is 25.1. The molecule has 0 unspecified atom stereocenters. The summed E-state index contributed by atoms with van der Waals surface area (Å²) in [4.78, 5) is 11.1. The summed E-state index contributed by atoms with van der Waals surface area (Å²) in [5, 5.41) is 10.6. The van der Waals surface area contributed by atoms with E-state index in [9.17, 15) is 13.9 Å². The van der Waals surface area contributed by atoms with Crippen LogP contribution in [0.4, 0.5) is 0 Å². The first-order chi connectivity index (χ1) is 11.8. The fourth-order valence-corrected chi connectivity index (χ4v) is 3.69. The average molecular weight is 377 g/mol. The van der Waals surface area contributed by atoms with Gasteiger partial charge in [0.15, 0.2) is 6.61 Å². The van der Waals surface area contributed by atoms with Crippen molar-refractivity contribution >= 4 is 34.2 Å². The Morgan fingerprint density at radius 1 is 1.16 bits per heavy atom. The molecular formula is C18H13ClO5S. The van der Waals surface area contributed by atoms with Crippen molar-refractivity contribution in [1.82, 2.24) is 0 Å². The smallest absolute Gasteiger partial charge is 0.341 e. The Morgan fingerprint density at radius 3 is 2.72 bits per heavy atom. The second-order valence-corrected chi connectivity index (χ2v) is 7.56. The van der Waals surface area contributed by atoms with Crippen LogP contribution in [0.2, 0.25) is 5.02 Å². The minimum atomic E-state index is -2.90. The molecule has 5 nitrogen and oxygen atoms in total. The van der Waals surface area contributed by atoms with Gasteiger partial charge in [0, 0.05) is 16.0 Å². The lowest BCUT2D eigenvalue weighted by Crippen LogP contribution is -2.10. The van der Waals surface area contributed by atoms with Crippen molar-refractivity contribution in [3.8, 4) is 17.6 Å². The topological polar surface area (TPSA) is 87.0 Å². The number of benzene rings is 2. The molecular weight excluding hydrogens is 364 g/mol. The van der Waals surface area contributed by atoms with E-state index < -0.39 is 23.2 Å². The Hall–Kier alpha value is -2.43. The normalized spacial score (nSPS) is 15.0. The van der Waals surface area contributed by atoms with Crippen molar-refractivity contribution in [3.63, 3.8) is 0 Å². The second-order valence-electron chi connectivity index (χ2n) is 5.22. The molecule has 3 N–H and O–H groups in total. The van der Waals surface area contributed by atoms with Gasteiger partial charge in [-0.1, -0.05) is 29.5 Å². The first kappa shape index (κ1) is 17.4. The van der Waals surface area contributed by atoms with Crippen LogP contribution in [0.15, 0.2) is 46.7 Å². The lowest BCUT2D eigenvalue weighted by molar-refractivity contribution is -0.139. The van der Waals surface area contributed by atoms with Gasteiger partial charge in [0.25, 0.3) is 0 Å². The van der Waals surface area contributed by atoms with Gasteiger partial charge in [0.1, 0.15) is 5.75 Å². The molecule has 0 aromatic heterocycles. The molecule has 1 aliphatic heterocycles. The molecule has 0 aliphatic carbocycles. The second kappa shape index (κ2) is 6.82. The summed E-state index contributed by atoms with van der Waals surface area (Å²) in [6.45, 7) is -0.484. The Balaban J connectivity index is 1.92. The van der Waals surface area contributed by atoms with Crippen molar-refractivity contribution < 1.29 is 23.7 Å². The Kier molecular flexibility index (Phi) is 4.75. The van der Waals surface area contributed by atoms with E-state index in [-0.39, 0.29) is 0 Å². The molecule has 0 saturated carbocycles. The molecule has 0 saturated heterocycles. The number of ether oxygens (including phenoxy) is 1. The van der Waals surface area contributed by atoms with E-state index in [0.29, 0.717) is 26.8 Å². The van der Waals surface area contributed by atoms with Crippen LogP contribution in [-0.4, -0.2) is 26.8 Å². The number of hydrogen-bond donors (Lipinski definition) is 3. The fraction of sp³-hybridized carbons (Fsp3) is 0.0556. The van der Waals surface area contributed by atoms with Crippen LogP contribution >= 0.6 is 22.2 Å². The van der Waals surface area contributed by atoms with Crippen LogP contribution < -0.4 is 4.74 Å². The highest BCUT2D eigenvalue weighted by Crippen LogP contribution is 2.56. The van der Waals surface area contributed by atoms with E-state index in [0.717, 1.165) is 5.56 Å². The van der Waals surface area contributed by atoms with Crippen LogP contribution in [0.5, 0.6) is 5.75 Å². The van der Waals surface area contributed by atoms with Crippen LogP contribution in [0, 0.1) is 11.8 Å². The lowest BCUT2D eigenvalue weighted by atomic mass is 10.1. The first-order valence-corrected chi connectivity index (χ1v) is 9.10. The number of rotatable bonds is 3. The quantitative estimate of drug-likeness (QED) is 0.695. The van der Waals surface area contributed by atoms with Gasteiger partial charge in [-0.2, -0.15) is 0 Å². The van der Waals surface area contributed by atoms with Gasteiger partial charge in [-0.25, -0.2) is 4.79 Å². The molecule has 7 heteroatoms. The Morgan fingerprint density at radius 2 is 1.96 bits per heavy atom. The van der Waals surface area contributed by atoms with Crippen molar-refractivity contribution in [1.29, 1.82) is 0 Å². The summed E-state index contributed by atoms with van der Waals surface area (Å²) in [5.74, 6) is 5.02. The molecule has 0 bridgehead atoms. The van der Waals surface area contributed by atoms with Crippen LogP contribution in [0.3, 0.4) is 0 Å². The maximum Gasteiger partial charge on any atom is 0.341 e. The minimum absolute atomic E-state index is 0.311. The summed E-state index contributed by atoms with van der Waals surface area (Å²) in [5.41, 5.74) is 1.78. The zero-order valence-electron chi connectivity index (χ0n) is 12.8. The van der Waals surface area contributed by atoms with Gasteiger partial charge in [-0.05, 0) is 42.0 Å². The van der Waals surface area contributed by atoms with Crippen molar-refractivity contribution in [2.24, 2.45) is 0 Å². The predicted molar refractivity (Wildman–Crippen MR) is 97.2 cm³/mol. The Labute approximate surface area is 150 Å². The summed E-state index contributed by atoms with van der Waals surface area (Å²) in [6, 6.07) is 9.86. The third-order valence-corrected chi connectivity index (χ3v) is 5.16. The molecule has 1 heterocycles. The molecule has 2 aromatic carbocycles. The number of halogens is 1. The zero-order valence-corrected chi connectivity index (χ0v) is 14.3. The third kappa shape index (κ3) is 3.98. The number of fused-ring (bicyclic) bond motifs is 1. The van der Waals surface area contributed by atoms with Gasteiger partial charge in [0.2, 0.25) is 0 Å². The maximum atomic E-state index is 10.7. The molecule has 2 aromatic rings. The SMILES string of the molecule is O=C(O)COc1ccc(Cl)cc1C#Cc1ccc2c(c1)S(O)(O)C=C2. The molecule has 3 rings (SSSR count). The third-order valence-electron chi connectivity index (χ3n) is 3.41. The lowest BCUT2D eigenvalue weighted by Gasteiger charge is -2.25. The summed E-state index contributed by atoms with van der Waals surface area (Å²) in [6.07, 6.45) is 1.66. The summed E-state index contributed by atoms with van der Waals surface area (Å²) >= 11 is 5.96. The molecule has 1 aliphatic rings. The van der Waals surface area contributed by atoms with E-state index in [2.05, 4.69) is 11.8 Å². The van der Waals surface area contributed by atoms with Gasteiger partial charge in [0.05, 0.1) is 10.5 Å². The number of carbonyl (C=O) groups is 1. The summed E-state index contributed by atoms with van der Waals surface area (Å²) in [7, 11) is -2.90. The van der Waals surface area contributed by atoms with Crippen molar-refractivity contribution in [3.05, 3.63) is 63.5 Å². The van der Waals surface area contributed by atoms with E-state index in [4.69, 9.17) is 21.4 Å². The van der Waals surface area contributed by atoms with Crippen LogP contribution in [-0.2, 0) is 4.79 Å². The standard InChI is InChI=1S/C18H13ClO5S/c19-15-5-6-16(24-11-18(20)21)14(10-15)4-2-12-1-3-13-7-8-25(22,23)17(13)9-12/h1,3,5-10,22-23H,11H2,(H,20,21). The van der Waals surface area contributed by atoms with E-state index in [1.807, 2.05) is 0 Å². The van der Waals surface area contributed by atoms with Crippen molar-refractivity contribution in [2.75, 3.05) is 6.61 Å². The highest BCUT2D eigenvalue weighted by molar-refractivity contribution is 8.27. The predicted octanol–water partition coefficient (Wildman–Crippen LogP) is 4.30. The number of aliphatic carboxylic acids is 1. The minimum Gasteiger partial charge on any atom is -0.481 e. The van der Waals surface area contributed by atoms with E-state index in [1.165, 1.54) is 5.41 Å². The molecule has 25 heavy (non-hydrogen) atoms. The highest BCUT2D eigenvalue weighted by Gasteiger charge is 2.21. The first-order valence-electron chi connectivity index (χ1n) is 7.12. The van der Waals surface area contributed by atoms with Gasteiger partial charge in [-0.15, -0.1) is 10.6 Å². The van der Waals surface area contributed by atoms with Crippen LogP contribution in [0.25, 0.3) is 6.08 Å². The van der Waals surface area contributed by atoms with E-state index in [1.54, 1.807) is 42.5 Å². The highest BCUT2D eigenvalue weighted by atomic mass is 35.5. The van der Waals surface area contributed by atoms with Crippen molar-refractivity contribution in [2.45, 2.75) is 4.90 Å². The maximum absolute atomic E-state index is 10.7. The zero-order chi connectivity index (χ0) is 18.0. The molecule has 128 valence electrons. The molecule has 0 spiro atoms. The molecule has 0 fully saturated rings. The van der Waals surface area contributed by atoms with Gasteiger partial charge >= 0.3 is 5.97 Å².